The molecule has 2 rings (SSSR count). The number of ether oxygens (including phenoxy) is 2. The minimum absolute atomic E-state index is 0.392. The zero-order valence-electron chi connectivity index (χ0n) is 9.90. The molecule has 94 valence electrons. The van der Waals surface area contributed by atoms with E-state index in [9.17, 15) is 0 Å². The van der Waals surface area contributed by atoms with Gasteiger partial charge in [0.1, 0.15) is 5.75 Å². The molecule has 1 aliphatic heterocycles. The van der Waals surface area contributed by atoms with E-state index in [-0.39, 0.29) is 0 Å². The maximum absolute atomic E-state index is 5.72. The summed E-state index contributed by atoms with van der Waals surface area (Å²) in [6, 6.07) is 7.95. The van der Waals surface area contributed by atoms with Gasteiger partial charge in [0.05, 0.1) is 17.2 Å². The summed E-state index contributed by atoms with van der Waals surface area (Å²) in [5, 5.41) is 0.637. The van der Waals surface area contributed by atoms with Crippen molar-refractivity contribution in [1.82, 2.24) is 0 Å². The maximum atomic E-state index is 5.72. The van der Waals surface area contributed by atoms with E-state index in [1.54, 1.807) is 0 Å². The van der Waals surface area contributed by atoms with Gasteiger partial charge < -0.3 is 9.47 Å². The van der Waals surface area contributed by atoms with Crippen LogP contribution in [0, 0.1) is 0 Å². The number of para-hydroxylation sites is 1. The standard InChI is InChI=1S/C13H17BrO2S/c1-10-13(6-7-15-10)17-9-8-16-12-5-3-2-4-11(12)14/h2-5,10,13H,6-9H2,1H3/t10-,13+/m0/s1. The quantitative estimate of drug-likeness (QED) is 0.771. The second-order valence-electron chi connectivity index (χ2n) is 4.05. The summed E-state index contributed by atoms with van der Waals surface area (Å²) >= 11 is 5.42. The van der Waals surface area contributed by atoms with E-state index in [2.05, 4.69) is 22.9 Å². The first kappa shape index (κ1) is 13.2. The van der Waals surface area contributed by atoms with Gasteiger partial charge in [0.2, 0.25) is 0 Å². The first-order valence-corrected chi connectivity index (χ1v) is 7.72. The Morgan fingerprint density at radius 3 is 3.00 bits per heavy atom. The Bertz CT molecular complexity index is 359. The number of hydrogen-bond donors (Lipinski definition) is 0. The molecule has 0 spiro atoms. The van der Waals surface area contributed by atoms with Crippen molar-refractivity contribution >= 4 is 27.7 Å². The van der Waals surface area contributed by atoms with E-state index < -0.39 is 0 Å². The third-order valence-corrected chi connectivity index (χ3v) is 4.92. The van der Waals surface area contributed by atoms with Crippen LogP contribution in [-0.4, -0.2) is 30.3 Å². The van der Waals surface area contributed by atoms with Crippen molar-refractivity contribution in [2.75, 3.05) is 19.0 Å². The molecule has 1 aromatic carbocycles. The van der Waals surface area contributed by atoms with Crippen molar-refractivity contribution in [3.8, 4) is 5.75 Å². The van der Waals surface area contributed by atoms with E-state index in [0.717, 1.165) is 29.2 Å². The predicted molar refractivity (Wildman–Crippen MR) is 75.9 cm³/mol. The summed E-state index contributed by atoms with van der Waals surface area (Å²) < 4.78 is 12.3. The molecule has 4 heteroatoms. The lowest BCUT2D eigenvalue weighted by Crippen LogP contribution is -2.15. The molecule has 1 saturated heterocycles. The summed E-state index contributed by atoms with van der Waals surface area (Å²) in [7, 11) is 0. The monoisotopic (exact) mass is 316 g/mol. The summed E-state index contributed by atoms with van der Waals surface area (Å²) in [5.74, 6) is 1.93. The predicted octanol–water partition coefficient (Wildman–Crippen LogP) is 3.74. The lowest BCUT2D eigenvalue weighted by molar-refractivity contribution is 0.127. The Balaban J connectivity index is 1.68. The van der Waals surface area contributed by atoms with Gasteiger partial charge in [-0.25, -0.2) is 0 Å². The van der Waals surface area contributed by atoms with Gasteiger partial charge in [-0.2, -0.15) is 11.8 Å². The molecule has 1 fully saturated rings. The minimum atomic E-state index is 0.392. The lowest BCUT2D eigenvalue weighted by Gasteiger charge is -2.14. The largest absolute Gasteiger partial charge is 0.492 e. The Morgan fingerprint density at radius 2 is 2.29 bits per heavy atom. The van der Waals surface area contributed by atoms with E-state index in [4.69, 9.17) is 9.47 Å². The number of halogens is 1. The SMILES string of the molecule is C[C@@H]1OCC[C@H]1SCCOc1ccccc1Br. The first-order chi connectivity index (χ1) is 8.27. The smallest absolute Gasteiger partial charge is 0.133 e. The van der Waals surface area contributed by atoms with Gasteiger partial charge in [-0.15, -0.1) is 0 Å². The second-order valence-corrected chi connectivity index (χ2v) is 6.25. The van der Waals surface area contributed by atoms with Crippen molar-refractivity contribution in [3.05, 3.63) is 28.7 Å². The van der Waals surface area contributed by atoms with Crippen LogP contribution >= 0.6 is 27.7 Å². The number of thioether (sulfide) groups is 1. The van der Waals surface area contributed by atoms with Gasteiger partial charge in [0, 0.05) is 17.6 Å². The van der Waals surface area contributed by atoms with Gasteiger partial charge in [-0.05, 0) is 41.4 Å². The molecule has 0 amide bonds. The van der Waals surface area contributed by atoms with Crippen LogP contribution in [0.15, 0.2) is 28.7 Å². The van der Waals surface area contributed by atoms with E-state index in [1.807, 2.05) is 36.0 Å². The van der Waals surface area contributed by atoms with E-state index in [0.29, 0.717) is 11.4 Å². The highest BCUT2D eigenvalue weighted by Crippen LogP contribution is 2.27. The molecule has 0 aliphatic carbocycles. The van der Waals surface area contributed by atoms with Crippen LogP contribution in [0.4, 0.5) is 0 Å². The molecule has 0 radical (unpaired) electrons. The highest BCUT2D eigenvalue weighted by molar-refractivity contribution is 9.10. The van der Waals surface area contributed by atoms with Crippen molar-refractivity contribution in [1.29, 1.82) is 0 Å². The molecule has 1 heterocycles. The molecule has 0 saturated carbocycles. The molecule has 0 N–H and O–H groups in total. The van der Waals surface area contributed by atoms with Crippen molar-refractivity contribution in [3.63, 3.8) is 0 Å². The van der Waals surface area contributed by atoms with Gasteiger partial charge in [0.25, 0.3) is 0 Å². The lowest BCUT2D eigenvalue weighted by atomic mass is 10.3. The van der Waals surface area contributed by atoms with Crippen LogP contribution in [0.1, 0.15) is 13.3 Å². The van der Waals surface area contributed by atoms with Crippen LogP contribution in [0.5, 0.6) is 5.75 Å². The molecule has 1 aliphatic rings. The molecule has 0 unspecified atom stereocenters. The number of rotatable bonds is 5. The average Bonchev–Trinajstić information content (AvgIpc) is 2.73. The normalized spacial score (nSPS) is 23.9. The Morgan fingerprint density at radius 1 is 1.47 bits per heavy atom. The fraction of sp³-hybridized carbons (Fsp3) is 0.538. The van der Waals surface area contributed by atoms with Crippen LogP contribution in [0.25, 0.3) is 0 Å². The van der Waals surface area contributed by atoms with Crippen LogP contribution in [-0.2, 0) is 4.74 Å². The van der Waals surface area contributed by atoms with Gasteiger partial charge in [0.15, 0.2) is 0 Å². The third-order valence-electron chi connectivity index (χ3n) is 2.82. The summed E-state index contributed by atoms with van der Waals surface area (Å²) in [5.41, 5.74) is 0. The molecule has 0 bridgehead atoms. The van der Waals surface area contributed by atoms with E-state index in [1.165, 1.54) is 6.42 Å². The van der Waals surface area contributed by atoms with Gasteiger partial charge >= 0.3 is 0 Å². The third kappa shape index (κ3) is 3.90. The average molecular weight is 317 g/mol. The summed E-state index contributed by atoms with van der Waals surface area (Å²) in [4.78, 5) is 0. The van der Waals surface area contributed by atoms with Crippen molar-refractivity contribution < 1.29 is 9.47 Å². The molecular formula is C13H17BrO2S. The molecule has 2 atom stereocenters. The molecular weight excluding hydrogens is 300 g/mol. The Labute approximate surface area is 115 Å². The van der Waals surface area contributed by atoms with Crippen molar-refractivity contribution in [2.24, 2.45) is 0 Å². The van der Waals surface area contributed by atoms with Crippen LogP contribution < -0.4 is 4.74 Å². The van der Waals surface area contributed by atoms with E-state index >= 15 is 0 Å². The molecule has 2 nitrogen and oxygen atoms in total. The highest BCUT2D eigenvalue weighted by atomic mass is 79.9. The first-order valence-electron chi connectivity index (χ1n) is 5.88. The number of benzene rings is 1. The molecule has 0 aromatic heterocycles. The fourth-order valence-electron chi connectivity index (χ4n) is 1.84. The van der Waals surface area contributed by atoms with Crippen molar-refractivity contribution in [2.45, 2.75) is 24.7 Å². The fourth-order valence-corrected chi connectivity index (χ4v) is 3.34. The summed E-state index contributed by atoms with van der Waals surface area (Å²) in [6.07, 6.45) is 1.56. The summed E-state index contributed by atoms with van der Waals surface area (Å²) in [6.45, 7) is 3.81. The zero-order valence-corrected chi connectivity index (χ0v) is 12.3. The number of hydrogen-bond acceptors (Lipinski definition) is 3. The minimum Gasteiger partial charge on any atom is -0.492 e. The van der Waals surface area contributed by atoms with Gasteiger partial charge in [-0.1, -0.05) is 12.1 Å². The zero-order chi connectivity index (χ0) is 12.1. The van der Waals surface area contributed by atoms with Gasteiger partial charge in [-0.3, -0.25) is 0 Å². The Kier molecular flexibility index (Phi) is 5.19. The maximum Gasteiger partial charge on any atom is 0.133 e. The van der Waals surface area contributed by atoms with Crippen LogP contribution in [0.2, 0.25) is 0 Å². The topological polar surface area (TPSA) is 18.5 Å². The Hall–Kier alpha value is -0.190. The highest BCUT2D eigenvalue weighted by Gasteiger charge is 2.24. The van der Waals surface area contributed by atoms with Crippen LogP contribution in [0.3, 0.4) is 0 Å². The second kappa shape index (κ2) is 6.66. The molecule has 1 aromatic rings. The molecule has 17 heavy (non-hydrogen) atoms.